The largest absolute Gasteiger partial charge is 0.452 e. The first-order valence-electron chi connectivity index (χ1n) is 10.1. The van der Waals surface area contributed by atoms with Crippen LogP contribution in [0.2, 0.25) is 0 Å². The van der Waals surface area contributed by atoms with E-state index >= 15 is 0 Å². The standard InChI is InChI=1S/C22H21N3O6S/c1-32-14-8-9-17(25(29)30)15(12-14)20(27)31-13-19(26)24-18-7-3-2-6-16(18)23-21(28)22(24)10-4-5-11-22/h2-3,6-9,12H,4-5,10-11,13H2,1H3,(H,23,28). The smallest absolute Gasteiger partial charge is 0.345 e. The summed E-state index contributed by atoms with van der Waals surface area (Å²) in [5.74, 6) is -1.76. The Morgan fingerprint density at radius 2 is 1.94 bits per heavy atom. The summed E-state index contributed by atoms with van der Waals surface area (Å²) in [5, 5.41) is 14.2. The molecule has 0 saturated heterocycles. The van der Waals surface area contributed by atoms with Crippen molar-refractivity contribution in [2.75, 3.05) is 23.1 Å². The van der Waals surface area contributed by atoms with E-state index in [1.807, 2.05) is 0 Å². The molecule has 0 unspecified atom stereocenters. The highest BCUT2D eigenvalue weighted by molar-refractivity contribution is 7.98. The van der Waals surface area contributed by atoms with Gasteiger partial charge >= 0.3 is 5.97 Å². The number of nitrogens with one attached hydrogen (secondary N) is 1. The van der Waals surface area contributed by atoms with Crippen molar-refractivity contribution in [3.8, 4) is 0 Å². The maximum absolute atomic E-state index is 13.3. The Morgan fingerprint density at radius 1 is 1.22 bits per heavy atom. The zero-order valence-corrected chi connectivity index (χ0v) is 18.1. The molecule has 0 aromatic heterocycles. The third kappa shape index (κ3) is 3.70. The fourth-order valence-corrected chi connectivity index (χ4v) is 4.80. The van der Waals surface area contributed by atoms with E-state index in [-0.39, 0.29) is 11.5 Å². The second kappa shape index (κ2) is 8.62. The van der Waals surface area contributed by atoms with Gasteiger partial charge in [0.1, 0.15) is 11.1 Å². The van der Waals surface area contributed by atoms with Crippen LogP contribution in [-0.4, -0.2) is 41.1 Å². The van der Waals surface area contributed by atoms with Crippen molar-refractivity contribution in [2.45, 2.75) is 36.1 Å². The summed E-state index contributed by atoms with van der Waals surface area (Å²) < 4.78 is 5.21. The maximum Gasteiger partial charge on any atom is 0.345 e. The van der Waals surface area contributed by atoms with Gasteiger partial charge < -0.3 is 10.1 Å². The van der Waals surface area contributed by atoms with Gasteiger partial charge in [0.2, 0.25) is 0 Å². The molecule has 2 amide bonds. The molecule has 0 atom stereocenters. The van der Waals surface area contributed by atoms with Gasteiger partial charge in [-0.3, -0.25) is 24.6 Å². The van der Waals surface area contributed by atoms with Gasteiger partial charge in [0.25, 0.3) is 17.5 Å². The predicted octanol–water partition coefficient (Wildman–Crippen LogP) is 3.77. The molecular formula is C22H21N3O6S. The average molecular weight is 455 g/mol. The van der Waals surface area contributed by atoms with Gasteiger partial charge in [-0.2, -0.15) is 0 Å². The molecule has 1 spiro atoms. The second-order valence-corrected chi connectivity index (χ2v) is 8.54. The van der Waals surface area contributed by atoms with E-state index in [0.29, 0.717) is 29.1 Å². The van der Waals surface area contributed by atoms with Crippen LogP contribution in [0.5, 0.6) is 0 Å². The Labute approximate surface area is 188 Å². The number of hydrogen-bond donors (Lipinski definition) is 1. The molecule has 1 aliphatic heterocycles. The van der Waals surface area contributed by atoms with Gasteiger partial charge in [0, 0.05) is 11.0 Å². The van der Waals surface area contributed by atoms with Crippen molar-refractivity contribution < 1.29 is 24.0 Å². The SMILES string of the molecule is CSc1ccc([N+](=O)[O-])c(C(=O)OCC(=O)N2c3ccccc3NC(=O)C23CCCC3)c1. The fraction of sp³-hybridized carbons (Fsp3) is 0.318. The lowest BCUT2D eigenvalue weighted by atomic mass is 9.90. The molecule has 2 aromatic rings. The summed E-state index contributed by atoms with van der Waals surface area (Å²) in [4.78, 5) is 51.6. The number of rotatable bonds is 5. The molecule has 32 heavy (non-hydrogen) atoms. The topological polar surface area (TPSA) is 119 Å². The number of thioether (sulfide) groups is 1. The Kier molecular flexibility index (Phi) is 5.88. The highest BCUT2D eigenvalue weighted by Crippen LogP contribution is 2.45. The second-order valence-electron chi connectivity index (χ2n) is 7.66. The Balaban J connectivity index is 1.60. The summed E-state index contributed by atoms with van der Waals surface area (Å²) in [6.45, 7) is -0.636. The number of anilines is 2. The van der Waals surface area contributed by atoms with E-state index in [4.69, 9.17) is 4.74 Å². The Hall–Kier alpha value is -3.40. The van der Waals surface area contributed by atoms with Gasteiger partial charge in [-0.15, -0.1) is 11.8 Å². The van der Waals surface area contributed by atoms with Gasteiger partial charge in [-0.05, 0) is 43.4 Å². The van der Waals surface area contributed by atoms with E-state index in [1.165, 1.54) is 34.9 Å². The van der Waals surface area contributed by atoms with Crippen LogP contribution < -0.4 is 10.2 Å². The summed E-state index contributed by atoms with van der Waals surface area (Å²) in [6, 6.07) is 11.1. The number of carbonyl (C=O) groups is 3. The summed E-state index contributed by atoms with van der Waals surface area (Å²) in [6.07, 6.45) is 4.39. The molecule has 1 aliphatic carbocycles. The zero-order chi connectivity index (χ0) is 22.9. The fourth-order valence-electron chi connectivity index (χ4n) is 4.36. The minimum absolute atomic E-state index is 0.220. The van der Waals surface area contributed by atoms with Crippen molar-refractivity contribution in [1.82, 2.24) is 0 Å². The Morgan fingerprint density at radius 3 is 2.62 bits per heavy atom. The highest BCUT2D eigenvalue weighted by atomic mass is 32.2. The van der Waals surface area contributed by atoms with E-state index in [0.717, 1.165) is 12.8 Å². The van der Waals surface area contributed by atoms with Crippen molar-refractivity contribution in [3.63, 3.8) is 0 Å². The number of nitro groups is 1. The van der Waals surface area contributed by atoms with Gasteiger partial charge in [0.15, 0.2) is 6.61 Å². The molecule has 0 bridgehead atoms. The molecule has 2 aliphatic rings. The van der Waals surface area contributed by atoms with E-state index in [1.54, 1.807) is 30.5 Å². The van der Waals surface area contributed by atoms with Crippen LogP contribution in [-0.2, 0) is 14.3 Å². The third-order valence-corrected chi connectivity index (χ3v) is 6.60. The molecule has 4 rings (SSSR count). The van der Waals surface area contributed by atoms with E-state index in [9.17, 15) is 24.5 Å². The van der Waals surface area contributed by atoms with Crippen LogP contribution >= 0.6 is 11.8 Å². The minimum Gasteiger partial charge on any atom is -0.452 e. The van der Waals surface area contributed by atoms with Crippen LogP contribution in [0.4, 0.5) is 17.1 Å². The van der Waals surface area contributed by atoms with Crippen molar-refractivity contribution >= 4 is 46.6 Å². The first-order chi connectivity index (χ1) is 15.4. The molecule has 9 nitrogen and oxygen atoms in total. The Bertz CT molecular complexity index is 1110. The molecule has 1 N–H and O–H groups in total. The monoisotopic (exact) mass is 455 g/mol. The molecule has 1 fully saturated rings. The van der Waals surface area contributed by atoms with Crippen molar-refractivity contribution in [3.05, 3.63) is 58.1 Å². The summed E-state index contributed by atoms with van der Waals surface area (Å²) in [5.41, 5.74) is -0.580. The lowest BCUT2D eigenvalue weighted by Gasteiger charge is -2.44. The molecule has 166 valence electrons. The molecule has 10 heteroatoms. The average Bonchev–Trinajstić information content (AvgIpc) is 3.28. The zero-order valence-electron chi connectivity index (χ0n) is 17.3. The molecule has 1 heterocycles. The minimum atomic E-state index is -1.03. The number of hydrogen-bond acceptors (Lipinski definition) is 7. The van der Waals surface area contributed by atoms with Crippen molar-refractivity contribution in [1.29, 1.82) is 0 Å². The number of ether oxygens (including phenoxy) is 1. The van der Waals surface area contributed by atoms with E-state index < -0.39 is 34.6 Å². The van der Waals surface area contributed by atoms with Crippen molar-refractivity contribution in [2.24, 2.45) is 0 Å². The molecule has 1 saturated carbocycles. The first-order valence-corrected chi connectivity index (χ1v) is 11.3. The van der Waals surface area contributed by atoms with Crippen LogP contribution in [0.3, 0.4) is 0 Å². The van der Waals surface area contributed by atoms with Gasteiger partial charge in [-0.1, -0.05) is 25.0 Å². The number of para-hydroxylation sites is 2. The van der Waals surface area contributed by atoms with Crippen LogP contribution in [0.25, 0.3) is 0 Å². The first kappa shape index (κ1) is 21.8. The maximum atomic E-state index is 13.3. The van der Waals surface area contributed by atoms with Crippen LogP contribution in [0.15, 0.2) is 47.4 Å². The van der Waals surface area contributed by atoms with Gasteiger partial charge in [0.05, 0.1) is 16.3 Å². The summed E-state index contributed by atoms with van der Waals surface area (Å²) in [7, 11) is 0. The third-order valence-electron chi connectivity index (χ3n) is 5.87. The van der Waals surface area contributed by atoms with Gasteiger partial charge in [-0.25, -0.2) is 4.79 Å². The normalized spacial score (nSPS) is 16.4. The number of esters is 1. The molecule has 2 aromatic carbocycles. The number of amides is 2. The quantitative estimate of drug-likeness (QED) is 0.315. The number of benzene rings is 2. The lowest BCUT2D eigenvalue weighted by molar-refractivity contribution is -0.385. The number of nitro benzene ring substituents is 1. The van der Waals surface area contributed by atoms with Crippen LogP contribution in [0.1, 0.15) is 36.0 Å². The van der Waals surface area contributed by atoms with E-state index in [2.05, 4.69) is 5.32 Å². The lowest BCUT2D eigenvalue weighted by Crippen LogP contribution is -2.61. The number of carbonyl (C=O) groups excluding carboxylic acids is 3. The number of nitrogens with zero attached hydrogens (tertiary/aromatic N) is 2. The summed E-state index contributed by atoms with van der Waals surface area (Å²) >= 11 is 1.32. The highest BCUT2D eigenvalue weighted by Gasteiger charge is 2.52. The molecule has 0 radical (unpaired) electrons. The number of fused-ring (bicyclic) bond motifs is 1. The molecular weight excluding hydrogens is 434 g/mol. The predicted molar refractivity (Wildman–Crippen MR) is 119 cm³/mol. The van der Waals surface area contributed by atoms with Crippen LogP contribution in [0, 0.1) is 10.1 Å².